The normalized spacial score (nSPS) is 16.9. The summed E-state index contributed by atoms with van der Waals surface area (Å²) in [6, 6.07) is 0. The number of nitrogens with zero attached hydrogens (tertiary/aromatic N) is 4. The summed E-state index contributed by atoms with van der Waals surface area (Å²) in [5.41, 5.74) is 6.64. The van der Waals surface area contributed by atoms with E-state index in [1.54, 1.807) is 4.68 Å². The van der Waals surface area contributed by atoms with Gasteiger partial charge in [0.15, 0.2) is 5.82 Å². The molecule has 16 heavy (non-hydrogen) atoms. The Hall–Kier alpha value is -1.23. The lowest BCUT2D eigenvalue weighted by atomic mass is 10.4. The summed E-state index contributed by atoms with van der Waals surface area (Å²) in [6.45, 7) is 4.57. The summed E-state index contributed by atoms with van der Waals surface area (Å²) in [7, 11) is 3.95. The zero-order valence-corrected chi connectivity index (χ0v) is 10.2. The summed E-state index contributed by atoms with van der Waals surface area (Å²) < 4.78 is 1.76. The summed E-state index contributed by atoms with van der Waals surface area (Å²) in [4.78, 5) is 4.63. The average molecular weight is 223 g/mol. The second-order valence-electron chi connectivity index (χ2n) is 4.55. The van der Waals surface area contributed by atoms with Crippen molar-refractivity contribution in [2.24, 2.45) is 7.05 Å². The maximum Gasteiger partial charge on any atom is 0.173 e. The number of rotatable bonds is 4. The first-order valence-corrected chi connectivity index (χ1v) is 5.89. The largest absolute Gasteiger partial charge is 0.394 e. The SMILES string of the molecule is CN(CCN1CCCC1)c1nn(C)cc1N. The van der Waals surface area contributed by atoms with Crippen LogP contribution in [-0.2, 0) is 7.05 Å². The van der Waals surface area contributed by atoms with Gasteiger partial charge in [0.2, 0.25) is 0 Å². The smallest absolute Gasteiger partial charge is 0.173 e. The Morgan fingerprint density at radius 2 is 2.12 bits per heavy atom. The number of likely N-dealkylation sites (N-methyl/N-ethyl adjacent to an activating group) is 1. The molecule has 1 aliphatic heterocycles. The van der Waals surface area contributed by atoms with Gasteiger partial charge in [0.25, 0.3) is 0 Å². The molecule has 0 atom stereocenters. The van der Waals surface area contributed by atoms with E-state index < -0.39 is 0 Å². The number of nitrogens with two attached hydrogens (primary N) is 1. The number of anilines is 2. The average Bonchev–Trinajstić information content (AvgIpc) is 2.84. The van der Waals surface area contributed by atoms with Crippen LogP contribution in [0.2, 0.25) is 0 Å². The first-order valence-electron chi connectivity index (χ1n) is 5.89. The summed E-state index contributed by atoms with van der Waals surface area (Å²) in [6.07, 6.45) is 4.53. The Morgan fingerprint density at radius 1 is 1.44 bits per heavy atom. The monoisotopic (exact) mass is 223 g/mol. The van der Waals surface area contributed by atoms with E-state index in [0.717, 1.165) is 24.6 Å². The van der Waals surface area contributed by atoms with Gasteiger partial charge in [0.05, 0.1) is 5.69 Å². The van der Waals surface area contributed by atoms with Gasteiger partial charge in [0.1, 0.15) is 0 Å². The number of nitrogen functional groups attached to an aromatic ring is 1. The predicted octanol–water partition coefficient (Wildman–Crippen LogP) is 0.534. The second-order valence-corrected chi connectivity index (χ2v) is 4.55. The van der Waals surface area contributed by atoms with E-state index in [9.17, 15) is 0 Å². The van der Waals surface area contributed by atoms with Gasteiger partial charge in [-0.2, -0.15) is 5.10 Å². The van der Waals surface area contributed by atoms with Crippen LogP contribution in [-0.4, -0.2) is 47.9 Å². The molecule has 0 saturated carbocycles. The van der Waals surface area contributed by atoms with Gasteiger partial charge in [-0.15, -0.1) is 0 Å². The zero-order chi connectivity index (χ0) is 11.5. The van der Waals surface area contributed by atoms with E-state index in [1.807, 2.05) is 13.2 Å². The Morgan fingerprint density at radius 3 is 2.69 bits per heavy atom. The fraction of sp³-hybridized carbons (Fsp3) is 0.727. The van der Waals surface area contributed by atoms with E-state index in [4.69, 9.17) is 5.73 Å². The van der Waals surface area contributed by atoms with Crippen molar-refractivity contribution in [2.75, 3.05) is 43.9 Å². The predicted molar refractivity (Wildman–Crippen MR) is 66.6 cm³/mol. The van der Waals surface area contributed by atoms with Gasteiger partial charge in [-0.05, 0) is 25.9 Å². The van der Waals surface area contributed by atoms with Gasteiger partial charge in [-0.3, -0.25) is 4.68 Å². The first kappa shape index (κ1) is 11.3. The van der Waals surface area contributed by atoms with Crippen molar-refractivity contribution in [3.8, 4) is 0 Å². The van der Waals surface area contributed by atoms with Gasteiger partial charge in [-0.25, -0.2) is 0 Å². The van der Waals surface area contributed by atoms with Crippen LogP contribution < -0.4 is 10.6 Å². The molecule has 0 aromatic carbocycles. The third-order valence-corrected chi connectivity index (χ3v) is 3.15. The highest BCUT2D eigenvalue weighted by Gasteiger charge is 2.14. The van der Waals surface area contributed by atoms with Crippen molar-refractivity contribution in [3.63, 3.8) is 0 Å². The molecule has 90 valence electrons. The van der Waals surface area contributed by atoms with Crippen molar-refractivity contribution < 1.29 is 0 Å². The molecule has 0 amide bonds. The van der Waals surface area contributed by atoms with Gasteiger partial charge in [0, 0.05) is 33.4 Å². The van der Waals surface area contributed by atoms with Gasteiger partial charge in [-0.1, -0.05) is 0 Å². The molecule has 0 aliphatic carbocycles. The molecule has 1 aromatic heterocycles. The van der Waals surface area contributed by atoms with Crippen molar-refractivity contribution in [1.82, 2.24) is 14.7 Å². The first-order chi connectivity index (χ1) is 7.66. The molecule has 1 aromatic rings. The van der Waals surface area contributed by atoms with Crippen LogP contribution in [0.3, 0.4) is 0 Å². The molecule has 1 aliphatic rings. The highest BCUT2D eigenvalue weighted by atomic mass is 15.3. The fourth-order valence-corrected chi connectivity index (χ4v) is 2.20. The molecule has 5 nitrogen and oxygen atoms in total. The second kappa shape index (κ2) is 4.74. The maximum absolute atomic E-state index is 5.89. The van der Waals surface area contributed by atoms with Gasteiger partial charge < -0.3 is 15.5 Å². The number of likely N-dealkylation sites (tertiary alicyclic amines) is 1. The van der Waals surface area contributed by atoms with Crippen LogP contribution in [0.5, 0.6) is 0 Å². The topological polar surface area (TPSA) is 50.3 Å². The van der Waals surface area contributed by atoms with E-state index in [0.29, 0.717) is 0 Å². The minimum Gasteiger partial charge on any atom is -0.394 e. The Kier molecular flexibility index (Phi) is 3.33. The maximum atomic E-state index is 5.89. The van der Waals surface area contributed by atoms with Crippen molar-refractivity contribution in [2.45, 2.75) is 12.8 Å². The molecule has 2 heterocycles. The third kappa shape index (κ3) is 2.47. The third-order valence-electron chi connectivity index (χ3n) is 3.15. The highest BCUT2D eigenvalue weighted by molar-refractivity contribution is 5.61. The summed E-state index contributed by atoms with van der Waals surface area (Å²) in [5.74, 6) is 0.890. The Balaban J connectivity index is 1.87. The minimum atomic E-state index is 0.756. The number of aryl methyl sites for hydroxylation is 1. The van der Waals surface area contributed by atoms with E-state index in [1.165, 1.54) is 25.9 Å². The van der Waals surface area contributed by atoms with Crippen LogP contribution >= 0.6 is 0 Å². The molecule has 0 radical (unpaired) electrons. The van der Waals surface area contributed by atoms with Gasteiger partial charge >= 0.3 is 0 Å². The van der Waals surface area contributed by atoms with E-state index >= 15 is 0 Å². The molecular weight excluding hydrogens is 202 g/mol. The zero-order valence-electron chi connectivity index (χ0n) is 10.2. The standard InChI is InChI=1S/C11H21N5/c1-14(7-8-16-5-3-4-6-16)11-10(12)9-15(2)13-11/h9H,3-8,12H2,1-2H3. The molecule has 0 spiro atoms. The molecule has 0 bridgehead atoms. The molecular formula is C11H21N5. The van der Waals surface area contributed by atoms with Crippen molar-refractivity contribution in [1.29, 1.82) is 0 Å². The molecule has 5 heteroatoms. The Bertz CT molecular complexity index is 340. The Labute approximate surface area is 96.8 Å². The summed E-state index contributed by atoms with van der Waals surface area (Å²) >= 11 is 0. The van der Waals surface area contributed by atoms with E-state index in [2.05, 4.69) is 21.9 Å². The van der Waals surface area contributed by atoms with Crippen LogP contribution in [0, 0.1) is 0 Å². The van der Waals surface area contributed by atoms with Crippen molar-refractivity contribution >= 4 is 11.5 Å². The highest BCUT2D eigenvalue weighted by Crippen LogP contribution is 2.18. The fourth-order valence-electron chi connectivity index (χ4n) is 2.20. The lowest BCUT2D eigenvalue weighted by Gasteiger charge is -2.21. The quantitative estimate of drug-likeness (QED) is 0.809. The number of hydrogen-bond acceptors (Lipinski definition) is 4. The molecule has 2 rings (SSSR count). The van der Waals surface area contributed by atoms with Crippen LogP contribution in [0.25, 0.3) is 0 Å². The van der Waals surface area contributed by atoms with Crippen LogP contribution in [0.4, 0.5) is 11.5 Å². The van der Waals surface area contributed by atoms with Crippen LogP contribution in [0.15, 0.2) is 6.20 Å². The molecule has 2 N–H and O–H groups in total. The number of hydrogen-bond donors (Lipinski definition) is 1. The van der Waals surface area contributed by atoms with E-state index in [-0.39, 0.29) is 0 Å². The molecule has 1 saturated heterocycles. The molecule has 0 unspecified atom stereocenters. The van der Waals surface area contributed by atoms with Crippen molar-refractivity contribution in [3.05, 3.63) is 6.20 Å². The minimum absolute atomic E-state index is 0.756. The van der Waals surface area contributed by atoms with Crippen LogP contribution in [0.1, 0.15) is 12.8 Å². The lowest BCUT2D eigenvalue weighted by molar-refractivity contribution is 0.346. The number of aromatic nitrogens is 2. The lowest BCUT2D eigenvalue weighted by Crippen LogP contribution is -2.31. The summed E-state index contributed by atoms with van der Waals surface area (Å²) in [5, 5.41) is 4.35. The molecule has 1 fully saturated rings.